The van der Waals surface area contributed by atoms with Crippen molar-refractivity contribution < 1.29 is 9.47 Å². The van der Waals surface area contributed by atoms with Gasteiger partial charge in [-0.15, -0.1) is 0 Å². The predicted octanol–water partition coefficient (Wildman–Crippen LogP) is 2.82. The molecule has 1 aliphatic rings. The van der Waals surface area contributed by atoms with Crippen LogP contribution in [-0.2, 0) is 15.1 Å². The van der Waals surface area contributed by atoms with Gasteiger partial charge in [-0.25, -0.2) is 9.97 Å². The molecule has 0 unspecified atom stereocenters. The van der Waals surface area contributed by atoms with Gasteiger partial charge in [0.2, 0.25) is 0 Å². The molecule has 0 radical (unpaired) electrons. The van der Waals surface area contributed by atoms with Gasteiger partial charge >= 0.3 is 0 Å². The van der Waals surface area contributed by atoms with Crippen LogP contribution in [0.25, 0.3) is 16.9 Å². The number of aryl methyl sites for hydroxylation is 1. The number of rotatable bonds is 4. The number of hydrogen-bond donors (Lipinski definition) is 0. The summed E-state index contributed by atoms with van der Waals surface area (Å²) >= 11 is 0. The Morgan fingerprint density at radius 1 is 1.15 bits per heavy atom. The maximum Gasteiger partial charge on any atom is 0.181 e. The van der Waals surface area contributed by atoms with Crippen molar-refractivity contribution in [2.24, 2.45) is 0 Å². The molecule has 0 N–H and O–H groups in total. The average Bonchev–Trinajstić information content (AvgIpc) is 3.04. The highest BCUT2D eigenvalue weighted by Crippen LogP contribution is 2.30. The van der Waals surface area contributed by atoms with Crippen LogP contribution in [0.15, 0.2) is 30.7 Å². The van der Waals surface area contributed by atoms with Crippen molar-refractivity contribution >= 4 is 11.5 Å². The number of hydrogen-bond acceptors (Lipinski definition) is 6. The van der Waals surface area contributed by atoms with E-state index in [9.17, 15) is 0 Å². The Balaban J connectivity index is 1.77. The zero-order valence-corrected chi connectivity index (χ0v) is 16.3. The molecule has 7 heteroatoms. The summed E-state index contributed by atoms with van der Waals surface area (Å²) in [5, 5.41) is 0. The lowest BCUT2D eigenvalue weighted by Crippen LogP contribution is -2.37. The van der Waals surface area contributed by atoms with Crippen molar-refractivity contribution in [2.75, 3.05) is 38.3 Å². The van der Waals surface area contributed by atoms with E-state index in [1.807, 2.05) is 45.4 Å². The van der Waals surface area contributed by atoms with E-state index in [-0.39, 0.29) is 0 Å². The largest absolute Gasteiger partial charge is 0.378 e. The zero-order valence-electron chi connectivity index (χ0n) is 16.3. The second-order valence-electron chi connectivity index (χ2n) is 7.24. The topological polar surface area (TPSA) is 64.8 Å². The maximum atomic E-state index is 5.53. The molecule has 1 saturated heterocycles. The lowest BCUT2D eigenvalue weighted by Gasteiger charge is -2.27. The Hall–Kier alpha value is -2.51. The van der Waals surface area contributed by atoms with Gasteiger partial charge in [-0.2, -0.15) is 0 Å². The van der Waals surface area contributed by atoms with Crippen molar-refractivity contribution in [3.8, 4) is 11.3 Å². The summed E-state index contributed by atoms with van der Waals surface area (Å²) in [4.78, 5) is 16.3. The smallest absolute Gasteiger partial charge is 0.181 e. The normalized spacial score (nSPS) is 15.5. The van der Waals surface area contributed by atoms with Crippen LogP contribution in [0.1, 0.15) is 25.2 Å². The van der Waals surface area contributed by atoms with E-state index >= 15 is 0 Å². The van der Waals surface area contributed by atoms with Crippen LogP contribution < -0.4 is 4.90 Å². The SMILES string of the molecule is COC(C)(C)c1ccc(-c2c(C)nc3c(N4CCOCC4)nccn23)cn1. The number of imidazole rings is 1. The maximum absolute atomic E-state index is 5.53. The fourth-order valence-electron chi connectivity index (χ4n) is 3.42. The summed E-state index contributed by atoms with van der Waals surface area (Å²) in [7, 11) is 1.70. The first-order valence-corrected chi connectivity index (χ1v) is 9.19. The fourth-order valence-corrected chi connectivity index (χ4v) is 3.42. The summed E-state index contributed by atoms with van der Waals surface area (Å²) in [6, 6.07) is 4.09. The summed E-state index contributed by atoms with van der Waals surface area (Å²) < 4.78 is 13.1. The van der Waals surface area contributed by atoms with Crippen molar-refractivity contribution in [2.45, 2.75) is 26.4 Å². The van der Waals surface area contributed by atoms with Gasteiger partial charge in [0.15, 0.2) is 11.5 Å². The third-order valence-corrected chi connectivity index (χ3v) is 5.17. The summed E-state index contributed by atoms with van der Waals surface area (Å²) in [5.41, 5.74) is 4.37. The molecule has 0 bridgehead atoms. The van der Waals surface area contributed by atoms with Gasteiger partial charge < -0.3 is 14.4 Å². The van der Waals surface area contributed by atoms with Gasteiger partial charge in [0.1, 0.15) is 5.60 Å². The second-order valence-corrected chi connectivity index (χ2v) is 7.24. The minimum atomic E-state index is -0.416. The Morgan fingerprint density at radius 2 is 1.93 bits per heavy atom. The first kappa shape index (κ1) is 17.9. The molecule has 7 nitrogen and oxygen atoms in total. The van der Waals surface area contributed by atoms with Gasteiger partial charge in [-0.05, 0) is 32.9 Å². The molecule has 0 atom stereocenters. The quantitative estimate of drug-likeness (QED) is 0.707. The van der Waals surface area contributed by atoms with Gasteiger partial charge in [0, 0.05) is 44.4 Å². The highest BCUT2D eigenvalue weighted by Gasteiger charge is 2.23. The van der Waals surface area contributed by atoms with Crippen molar-refractivity contribution in [3.63, 3.8) is 0 Å². The molecule has 27 heavy (non-hydrogen) atoms. The average molecular weight is 367 g/mol. The van der Waals surface area contributed by atoms with Crippen LogP contribution in [-0.4, -0.2) is 52.8 Å². The third-order valence-electron chi connectivity index (χ3n) is 5.17. The number of methoxy groups -OCH3 is 1. The standard InChI is InChI=1S/C20H25N5O2/c1-14-17(15-5-6-16(22-13-15)20(2,3)26-4)25-8-7-21-18(19(25)23-14)24-9-11-27-12-10-24/h5-8,13H,9-12H2,1-4H3. The van der Waals surface area contributed by atoms with E-state index in [1.165, 1.54) is 0 Å². The molecule has 3 aromatic heterocycles. The van der Waals surface area contributed by atoms with Gasteiger partial charge in [-0.3, -0.25) is 9.38 Å². The number of ether oxygens (including phenoxy) is 2. The molecule has 3 aromatic rings. The minimum absolute atomic E-state index is 0.416. The lowest BCUT2D eigenvalue weighted by molar-refractivity contribution is 0.0155. The van der Waals surface area contributed by atoms with Crippen LogP contribution in [0.2, 0.25) is 0 Å². The van der Waals surface area contributed by atoms with Gasteiger partial charge in [0.05, 0.1) is 30.3 Å². The molecule has 1 aliphatic heterocycles. The number of morpholine rings is 1. The molecule has 0 amide bonds. The Labute approximate surface area is 159 Å². The molecular formula is C20H25N5O2. The van der Waals surface area contributed by atoms with Crippen molar-refractivity contribution in [1.82, 2.24) is 19.4 Å². The molecule has 0 aliphatic carbocycles. The zero-order chi connectivity index (χ0) is 19.0. The van der Waals surface area contributed by atoms with Crippen LogP contribution in [0.5, 0.6) is 0 Å². The first-order valence-electron chi connectivity index (χ1n) is 9.19. The summed E-state index contributed by atoms with van der Waals surface area (Å²) in [6.07, 6.45) is 5.68. The minimum Gasteiger partial charge on any atom is -0.378 e. The Bertz CT molecular complexity index is 943. The van der Waals surface area contributed by atoms with E-state index in [1.54, 1.807) is 7.11 Å². The monoisotopic (exact) mass is 367 g/mol. The van der Waals surface area contributed by atoms with Crippen LogP contribution >= 0.6 is 0 Å². The molecule has 4 heterocycles. The number of fused-ring (bicyclic) bond motifs is 1. The van der Waals surface area contributed by atoms with E-state index in [2.05, 4.69) is 25.3 Å². The number of nitrogens with zero attached hydrogens (tertiary/aromatic N) is 5. The van der Waals surface area contributed by atoms with E-state index < -0.39 is 5.60 Å². The van der Waals surface area contributed by atoms with Crippen LogP contribution in [0.4, 0.5) is 5.82 Å². The summed E-state index contributed by atoms with van der Waals surface area (Å²) in [6.45, 7) is 9.14. The highest BCUT2D eigenvalue weighted by atomic mass is 16.5. The molecule has 0 spiro atoms. The van der Waals surface area contributed by atoms with Gasteiger partial charge in [0.25, 0.3) is 0 Å². The van der Waals surface area contributed by atoms with E-state index in [0.717, 1.165) is 60.4 Å². The molecular weight excluding hydrogens is 342 g/mol. The van der Waals surface area contributed by atoms with Gasteiger partial charge in [-0.1, -0.05) is 0 Å². The third kappa shape index (κ3) is 3.17. The van der Waals surface area contributed by atoms with Crippen molar-refractivity contribution in [3.05, 3.63) is 42.1 Å². The molecule has 1 fully saturated rings. The molecule has 0 saturated carbocycles. The second kappa shape index (κ2) is 6.90. The number of aromatic nitrogens is 4. The fraction of sp³-hybridized carbons (Fsp3) is 0.450. The van der Waals surface area contributed by atoms with Crippen LogP contribution in [0.3, 0.4) is 0 Å². The van der Waals surface area contributed by atoms with Crippen LogP contribution in [0, 0.1) is 6.92 Å². The number of anilines is 1. The highest BCUT2D eigenvalue weighted by molar-refractivity contribution is 5.73. The van der Waals surface area contributed by atoms with E-state index in [4.69, 9.17) is 14.5 Å². The molecule has 142 valence electrons. The Morgan fingerprint density at radius 3 is 2.59 bits per heavy atom. The van der Waals surface area contributed by atoms with Crippen molar-refractivity contribution in [1.29, 1.82) is 0 Å². The molecule has 4 rings (SSSR count). The Kier molecular flexibility index (Phi) is 4.57. The summed E-state index contributed by atoms with van der Waals surface area (Å²) in [5.74, 6) is 0.903. The lowest BCUT2D eigenvalue weighted by atomic mass is 10.0. The van der Waals surface area contributed by atoms with E-state index in [0.29, 0.717) is 0 Å². The predicted molar refractivity (Wildman–Crippen MR) is 104 cm³/mol. The first-order chi connectivity index (χ1) is 13.0. The number of pyridine rings is 1. The molecule has 0 aromatic carbocycles.